The summed E-state index contributed by atoms with van der Waals surface area (Å²) in [6.45, 7) is 0. The quantitative estimate of drug-likeness (QED) is 0.337. The molecular formula is C20H20N2O5. The fourth-order valence-corrected chi connectivity index (χ4v) is 2.83. The molecule has 7 heteroatoms. The van der Waals surface area contributed by atoms with Gasteiger partial charge in [0.05, 0.1) is 5.52 Å². The number of hydrogen-bond donors (Lipinski definition) is 3. The first-order valence-corrected chi connectivity index (χ1v) is 8.47. The van der Waals surface area contributed by atoms with Gasteiger partial charge in [-0.05, 0) is 24.7 Å². The molecule has 0 saturated heterocycles. The largest absolute Gasteiger partial charge is 0.473 e. The zero-order valence-corrected chi connectivity index (χ0v) is 14.7. The monoisotopic (exact) mass is 368 g/mol. The van der Waals surface area contributed by atoms with Crippen LogP contribution in [0.3, 0.4) is 0 Å². The van der Waals surface area contributed by atoms with E-state index in [4.69, 9.17) is 14.6 Å². The summed E-state index contributed by atoms with van der Waals surface area (Å²) in [5.74, 6) is -2.28. The van der Waals surface area contributed by atoms with E-state index in [1.54, 1.807) is 31.3 Å². The minimum Gasteiger partial charge on any atom is -0.473 e. The Morgan fingerprint density at radius 3 is 2.59 bits per heavy atom. The normalized spacial score (nSPS) is 13.1. The minimum atomic E-state index is -1.63. The van der Waals surface area contributed by atoms with Crippen LogP contribution in [0.5, 0.6) is 5.75 Å². The van der Waals surface area contributed by atoms with Crippen molar-refractivity contribution >= 4 is 22.8 Å². The van der Waals surface area contributed by atoms with Crippen molar-refractivity contribution in [3.8, 4) is 5.75 Å². The van der Waals surface area contributed by atoms with E-state index in [-0.39, 0.29) is 6.42 Å². The van der Waals surface area contributed by atoms with Crippen molar-refractivity contribution in [1.29, 1.82) is 0 Å². The van der Waals surface area contributed by atoms with Gasteiger partial charge >= 0.3 is 11.9 Å². The molecule has 140 valence electrons. The molecule has 0 bridgehead atoms. The lowest BCUT2D eigenvalue weighted by Gasteiger charge is -2.24. The van der Waals surface area contributed by atoms with Gasteiger partial charge in [-0.15, -0.1) is 0 Å². The molecule has 1 heterocycles. The lowest BCUT2D eigenvalue weighted by Crippen LogP contribution is -2.34. The Hall–Kier alpha value is -3.32. The highest BCUT2D eigenvalue weighted by molar-refractivity contribution is 6.28. The molecule has 2 atom stereocenters. The van der Waals surface area contributed by atoms with Crippen molar-refractivity contribution < 1.29 is 24.2 Å². The van der Waals surface area contributed by atoms with Gasteiger partial charge in [-0.1, -0.05) is 42.5 Å². The number of carbonyl (C=O) groups is 2. The van der Waals surface area contributed by atoms with E-state index in [2.05, 4.69) is 10.3 Å². The van der Waals surface area contributed by atoms with Crippen LogP contribution in [0.2, 0.25) is 0 Å². The number of carboxylic acids is 1. The molecule has 0 fully saturated rings. The predicted octanol–water partition coefficient (Wildman–Crippen LogP) is 2.85. The third kappa shape index (κ3) is 4.45. The fourth-order valence-electron chi connectivity index (χ4n) is 2.83. The molecule has 1 aromatic heterocycles. The standard InChI is InChI=1S/C20H20N2O5/c1-21-17(26-15-9-5-8-14-10-11-22-18(14)15)12-16(27-20(25)19(23)24)13-6-3-2-4-7-13/h2-11,16-17,21-22H,12H2,1H3,(H,23,24)/t16-,17?/m0/s1. The highest BCUT2D eigenvalue weighted by Crippen LogP contribution is 2.28. The molecule has 0 spiro atoms. The van der Waals surface area contributed by atoms with Crippen molar-refractivity contribution in [3.63, 3.8) is 0 Å². The maximum atomic E-state index is 11.6. The van der Waals surface area contributed by atoms with E-state index >= 15 is 0 Å². The molecule has 3 rings (SSSR count). The van der Waals surface area contributed by atoms with Crippen molar-refractivity contribution in [2.45, 2.75) is 18.8 Å². The summed E-state index contributed by atoms with van der Waals surface area (Å²) in [6, 6.07) is 16.6. The van der Waals surface area contributed by atoms with Crippen LogP contribution in [-0.4, -0.2) is 35.3 Å². The van der Waals surface area contributed by atoms with Crippen molar-refractivity contribution in [3.05, 3.63) is 66.4 Å². The van der Waals surface area contributed by atoms with Crippen LogP contribution in [0.15, 0.2) is 60.8 Å². The maximum Gasteiger partial charge on any atom is 0.417 e. The summed E-state index contributed by atoms with van der Waals surface area (Å²) in [5, 5.41) is 12.9. The van der Waals surface area contributed by atoms with Crippen LogP contribution in [0.25, 0.3) is 10.9 Å². The number of ether oxygens (including phenoxy) is 2. The third-order valence-electron chi connectivity index (χ3n) is 4.16. The number of fused-ring (bicyclic) bond motifs is 1. The summed E-state index contributed by atoms with van der Waals surface area (Å²) in [6.07, 6.45) is 0.782. The topological polar surface area (TPSA) is 101 Å². The number of aromatic nitrogens is 1. The summed E-state index contributed by atoms with van der Waals surface area (Å²) in [7, 11) is 1.72. The number of nitrogens with one attached hydrogen (secondary N) is 2. The first kappa shape index (κ1) is 18.5. The second-order valence-corrected chi connectivity index (χ2v) is 5.94. The first-order valence-electron chi connectivity index (χ1n) is 8.47. The second kappa shape index (κ2) is 8.37. The zero-order chi connectivity index (χ0) is 19.2. The van der Waals surface area contributed by atoms with Gasteiger partial charge in [0.25, 0.3) is 0 Å². The molecule has 0 aliphatic rings. The van der Waals surface area contributed by atoms with Gasteiger partial charge in [0.15, 0.2) is 6.23 Å². The average Bonchev–Trinajstić information content (AvgIpc) is 3.17. The molecule has 0 aliphatic heterocycles. The SMILES string of the molecule is CNC(C[C@H](OC(=O)C(=O)O)c1ccccc1)Oc1cccc2cc[nH]c12. The predicted molar refractivity (Wildman–Crippen MR) is 99.3 cm³/mol. The number of benzene rings is 2. The summed E-state index contributed by atoms with van der Waals surface area (Å²) in [5.41, 5.74) is 1.55. The highest BCUT2D eigenvalue weighted by atomic mass is 16.6. The van der Waals surface area contributed by atoms with E-state index in [0.29, 0.717) is 11.3 Å². The summed E-state index contributed by atoms with van der Waals surface area (Å²) in [4.78, 5) is 25.6. The fraction of sp³-hybridized carbons (Fsp3) is 0.200. The molecule has 3 aromatic rings. The lowest BCUT2D eigenvalue weighted by molar-refractivity contribution is -0.168. The molecule has 7 nitrogen and oxygen atoms in total. The molecule has 1 unspecified atom stereocenters. The van der Waals surface area contributed by atoms with Crippen LogP contribution < -0.4 is 10.1 Å². The molecule has 0 saturated carbocycles. The molecule has 0 radical (unpaired) electrons. The van der Waals surface area contributed by atoms with Crippen molar-refractivity contribution in [2.75, 3.05) is 7.05 Å². The van der Waals surface area contributed by atoms with Gasteiger partial charge in [0, 0.05) is 18.0 Å². The maximum absolute atomic E-state index is 11.6. The van der Waals surface area contributed by atoms with Crippen LogP contribution in [-0.2, 0) is 14.3 Å². The average molecular weight is 368 g/mol. The van der Waals surface area contributed by atoms with Gasteiger partial charge in [0.2, 0.25) is 0 Å². The van der Waals surface area contributed by atoms with E-state index < -0.39 is 24.3 Å². The molecule has 0 amide bonds. The van der Waals surface area contributed by atoms with Crippen molar-refractivity contribution in [1.82, 2.24) is 10.3 Å². The Labute approximate surface area is 155 Å². The van der Waals surface area contributed by atoms with E-state index in [9.17, 15) is 9.59 Å². The third-order valence-corrected chi connectivity index (χ3v) is 4.16. The Morgan fingerprint density at radius 1 is 1.11 bits per heavy atom. The Morgan fingerprint density at radius 2 is 1.89 bits per heavy atom. The van der Waals surface area contributed by atoms with E-state index in [1.165, 1.54) is 0 Å². The molecular weight excluding hydrogens is 348 g/mol. The van der Waals surface area contributed by atoms with Crippen LogP contribution >= 0.6 is 0 Å². The van der Waals surface area contributed by atoms with Gasteiger partial charge in [0.1, 0.15) is 11.9 Å². The lowest BCUT2D eigenvalue weighted by atomic mass is 10.1. The highest BCUT2D eigenvalue weighted by Gasteiger charge is 2.25. The number of H-pyrrole nitrogens is 1. The summed E-state index contributed by atoms with van der Waals surface area (Å²) >= 11 is 0. The molecule has 27 heavy (non-hydrogen) atoms. The van der Waals surface area contributed by atoms with Gasteiger partial charge in [-0.25, -0.2) is 9.59 Å². The second-order valence-electron chi connectivity index (χ2n) is 5.94. The Balaban J connectivity index is 1.81. The van der Waals surface area contributed by atoms with E-state index in [0.717, 1.165) is 10.9 Å². The molecule has 0 aliphatic carbocycles. The number of hydrogen-bond acceptors (Lipinski definition) is 5. The number of aromatic amines is 1. The van der Waals surface area contributed by atoms with Crippen molar-refractivity contribution in [2.24, 2.45) is 0 Å². The zero-order valence-electron chi connectivity index (χ0n) is 14.7. The van der Waals surface area contributed by atoms with Crippen LogP contribution in [0.4, 0.5) is 0 Å². The number of esters is 1. The smallest absolute Gasteiger partial charge is 0.417 e. The molecule has 2 aromatic carbocycles. The van der Waals surface area contributed by atoms with Gasteiger partial charge < -0.3 is 19.6 Å². The number of carboxylic acid groups (broad SMARTS) is 1. The number of aliphatic carboxylic acids is 1. The number of para-hydroxylation sites is 1. The number of carbonyl (C=O) groups excluding carboxylic acids is 1. The summed E-state index contributed by atoms with van der Waals surface area (Å²) < 4.78 is 11.2. The van der Waals surface area contributed by atoms with Gasteiger partial charge in [-0.3, -0.25) is 5.32 Å². The van der Waals surface area contributed by atoms with Crippen LogP contribution in [0.1, 0.15) is 18.1 Å². The van der Waals surface area contributed by atoms with Crippen LogP contribution in [0, 0.1) is 0 Å². The first-order chi connectivity index (χ1) is 13.1. The Kier molecular flexibility index (Phi) is 5.73. The number of rotatable bonds is 7. The molecule has 3 N–H and O–H groups in total. The Bertz CT molecular complexity index is 922. The van der Waals surface area contributed by atoms with E-state index in [1.807, 2.05) is 36.5 Å². The minimum absolute atomic E-state index is 0.233. The van der Waals surface area contributed by atoms with Gasteiger partial charge in [-0.2, -0.15) is 0 Å².